The maximum Gasteiger partial charge on any atom is 0.146 e. The number of hydrogen-bond acceptors (Lipinski definition) is 0. The molecular weight excluding hydrogens is 969 g/mol. The highest BCUT2D eigenvalue weighted by Crippen LogP contribution is 2.74. The fourth-order valence-electron chi connectivity index (χ4n) is 22.2. The highest BCUT2D eigenvalue weighted by atomic mass is 31.2. The van der Waals surface area contributed by atoms with Crippen LogP contribution in [0.15, 0.2) is 30.3 Å². The largest absolute Gasteiger partial charge is 0.197 e. The van der Waals surface area contributed by atoms with Gasteiger partial charge in [0.2, 0.25) is 0 Å². The van der Waals surface area contributed by atoms with E-state index in [2.05, 4.69) is 35.8 Å². The fourth-order valence-corrected chi connectivity index (χ4v) is 44.5. The van der Waals surface area contributed by atoms with Crippen molar-refractivity contribution in [3.8, 4) is 0 Å². The van der Waals surface area contributed by atoms with Crippen molar-refractivity contribution in [3.05, 3.63) is 30.3 Å². The lowest BCUT2D eigenvalue weighted by molar-refractivity contribution is 0.368. The first kappa shape index (κ1) is 59.7. The van der Waals surface area contributed by atoms with Crippen molar-refractivity contribution >= 4 is 33.4 Å². The van der Waals surface area contributed by atoms with Crippen LogP contribution in [0.25, 0.3) is 0 Å². The molecule has 1 aromatic carbocycles. The SMILES string of the molecule is c1ccc([B-](C[P+](CC2CCCCC2)(CC2CCCCC2)CC2CCCCC2)(C[P+](CC2CCCCC2)(CC2CCCCC2)CC2CCCCC2)C[P+](CC2CCCCC2)(CC2CCCCC2)CC2CCCCC2)cc1. The quantitative estimate of drug-likeness (QED) is 0.0676. The van der Waals surface area contributed by atoms with Crippen molar-refractivity contribution in [1.82, 2.24) is 0 Å². The summed E-state index contributed by atoms with van der Waals surface area (Å²) in [4.78, 5) is 0. The molecule has 0 heterocycles. The Labute approximate surface area is 476 Å². The summed E-state index contributed by atoms with van der Waals surface area (Å²) in [5.74, 6) is 9.47. The Morgan fingerprint density at radius 3 is 0.539 bits per heavy atom. The minimum absolute atomic E-state index is 0.769. The number of rotatable bonds is 25. The van der Waals surface area contributed by atoms with Gasteiger partial charge in [0, 0.05) is 0 Å². The van der Waals surface area contributed by atoms with E-state index < -0.39 is 27.9 Å². The Balaban J connectivity index is 1.20. The van der Waals surface area contributed by atoms with E-state index in [-0.39, 0.29) is 0 Å². The van der Waals surface area contributed by atoms with Crippen LogP contribution in [0, 0.1) is 53.3 Å². The molecule has 0 nitrogen and oxygen atoms in total. The van der Waals surface area contributed by atoms with Gasteiger partial charge in [-0.2, -0.15) is 5.46 Å². The summed E-state index contributed by atoms with van der Waals surface area (Å²) in [6.45, 7) is 0. The summed E-state index contributed by atoms with van der Waals surface area (Å²) in [6, 6.07) is 19.3. The second-order valence-electron chi connectivity index (χ2n) is 31.6. The van der Waals surface area contributed by atoms with Gasteiger partial charge in [-0.1, -0.05) is 222 Å². The van der Waals surface area contributed by atoms with Gasteiger partial charge in [0.05, 0.1) is 55.5 Å². The van der Waals surface area contributed by atoms with Crippen LogP contribution in [-0.2, 0) is 0 Å². The molecule has 9 aliphatic carbocycles. The fraction of sp³-hybridized carbons (Fsp3) is 0.917. The van der Waals surface area contributed by atoms with E-state index in [0.29, 0.717) is 0 Å². The van der Waals surface area contributed by atoms with Gasteiger partial charge in [-0.05, 0) is 191 Å². The minimum Gasteiger partial charge on any atom is -0.197 e. The van der Waals surface area contributed by atoms with Gasteiger partial charge < -0.3 is 0 Å². The molecule has 0 bridgehead atoms. The summed E-state index contributed by atoms with van der Waals surface area (Å²) in [7, 11) is -4.06. The summed E-state index contributed by atoms with van der Waals surface area (Å²) >= 11 is 0. The first-order chi connectivity index (χ1) is 37.4. The van der Waals surface area contributed by atoms with E-state index in [1.807, 2.05) is 18.2 Å². The molecule has 0 spiro atoms. The van der Waals surface area contributed by atoms with E-state index in [1.54, 1.807) is 287 Å². The van der Waals surface area contributed by atoms with Gasteiger partial charge in [-0.25, -0.2) is 0 Å². The number of benzene rings is 1. The average Bonchev–Trinajstić information content (AvgIpc) is 3.57. The Morgan fingerprint density at radius 1 is 0.224 bits per heavy atom. The molecule has 0 N–H and O–H groups in total. The number of hydrogen-bond donors (Lipinski definition) is 0. The lowest BCUT2D eigenvalue weighted by Crippen LogP contribution is -2.62. The van der Waals surface area contributed by atoms with Crippen molar-refractivity contribution < 1.29 is 0 Å². The Morgan fingerprint density at radius 2 is 0.382 bits per heavy atom. The van der Waals surface area contributed by atoms with Crippen molar-refractivity contribution in [2.45, 2.75) is 289 Å². The zero-order chi connectivity index (χ0) is 51.6. The molecule has 0 atom stereocenters. The van der Waals surface area contributed by atoms with E-state index >= 15 is 0 Å². The van der Waals surface area contributed by atoms with Crippen LogP contribution in [0.4, 0.5) is 0 Å². The topological polar surface area (TPSA) is 0 Å². The Hall–Kier alpha value is 0.575. The van der Waals surface area contributed by atoms with E-state index in [9.17, 15) is 0 Å². The normalized spacial score (nSPS) is 25.8. The summed E-state index contributed by atoms with van der Waals surface area (Å²) in [6.07, 6.45) is 85.9. The van der Waals surface area contributed by atoms with Crippen LogP contribution in [0.3, 0.4) is 0 Å². The predicted molar refractivity (Wildman–Crippen MR) is 350 cm³/mol. The maximum absolute atomic E-state index is 2.98. The molecule has 4 heteroatoms. The molecule has 432 valence electrons. The molecule has 0 aromatic heterocycles. The van der Waals surface area contributed by atoms with Gasteiger partial charge >= 0.3 is 0 Å². The van der Waals surface area contributed by atoms with Crippen LogP contribution >= 0.6 is 21.8 Å². The Kier molecular flexibility index (Phi) is 24.3. The van der Waals surface area contributed by atoms with Crippen molar-refractivity contribution in [2.24, 2.45) is 53.3 Å². The van der Waals surface area contributed by atoms with Gasteiger partial charge in [-0.3, -0.25) is 0 Å². The van der Waals surface area contributed by atoms with Gasteiger partial charge in [-0.15, -0.1) is 0 Å². The smallest absolute Gasteiger partial charge is 0.146 e. The zero-order valence-corrected chi connectivity index (χ0v) is 53.5. The molecule has 9 aliphatic rings. The third-order valence-electron chi connectivity index (χ3n) is 25.0. The van der Waals surface area contributed by atoms with Crippen LogP contribution < -0.4 is 5.46 Å². The van der Waals surface area contributed by atoms with E-state index in [1.165, 1.54) is 57.8 Å². The molecular formula is C72H128BP3+2. The predicted octanol–water partition coefficient (Wildman–Crippen LogP) is 22.2. The van der Waals surface area contributed by atoms with Crippen molar-refractivity contribution in [3.63, 3.8) is 0 Å². The molecule has 0 amide bonds. The molecule has 76 heavy (non-hydrogen) atoms. The molecule has 1 aromatic rings. The first-order valence-corrected chi connectivity index (χ1v) is 43.8. The molecule has 9 fully saturated rings. The standard InChI is InChI=1S/C72H128BP3/c1-11-31-63(32-12-1)51-74(52-64-33-13-2-14-34-64,53-65-35-15-3-16-36-65)60-73(72-49-29-10-30-50-72,61-75(54-66-37-17-4-18-38-66,55-67-39-19-5-20-40-67)56-68-41-21-6-22-42-68)62-76(57-69-43-23-7-24-44-69,58-70-45-25-8-26-46-70)59-71-47-27-9-28-48-71/h10,29-30,49-50,63-71H,1-9,11-28,31-48,51-62H2/q+2. The summed E-state index contributed by atoms with van der Waals surface area (Å²) < 4.78 is 0. The molecule has 0 aliphatic heterocycles. The lowest BCUT2D eigenvalue weighted by Gasteiger charge is -2.53. The van der Waals surface area contributed by atoms with Gasteiger partial charge in [0.1, 0.15) is 6.15 Å². The van der Waals surface area contributed by atoms with Crippen LogP contribution in [-0.4, -0.2) is 79.8 Å². The lowest BCUT2D eigenvalue weighted by atomic mass is 9.25. The summed E-state index contributed by atoms with van der Waals surface area (Å²) in [5, 5.41) is 0. The molecule has 0 saturated heterocycles. The molecule has 0 radical (unpaired) electrons. The van der Waals surface area contributed by atoms with Crippen LogP contribution in [0.5, 0.6) is 0 Å². The summed E-state index contributed by atoms with van der Waals surface area (Å²) in [5.41, 5.74) is 2.06. The van der Waals surface area contributed by atoms with Gasteiger partial charge in [0.25, 0.3) is 0 Å². The minimum atomic E-state index is -1.35. The maximum atomic E-state index is 2.98. The Bertz CT molecular complexity index is 1390. The second kappa shape index (κ2) is 30.9. The second-order valence-corrected chi connectivity index (χ2v) is 44.1. The van der Waals surface area contributed by atoms with Crippen molar-refractivity contribution in [1.29, 1.82) is 0 Å². The highest BCUT2D eigenvalue weighted by molar-refractivity contribution is 7.84. The van der Waals surface area contributed by atoms with E-state index in [4.69, 9.17) is 0 Å². The zero-order valence-electron chi connectivity index (χ0n) is 50.8. The molecule has 10 rings (SSSR count). The van der Waals surface area contributed by atoms with Crippen molar-refractivity contribution in [2.75, 3.05) is 73.6 Å². The third-order valence-corrected chi connectivity index (χ3v) is 41.1. The average molecular weight is 1100 g/mol. The van der Waals surface area contributed by atoms with Crippen LogP contribution in [0.2, 0.25) is 0 Å². The van der Waals surface area contributed by atoms with Gasteiger partial charge in [0.15, 0.2) is 0 Å². The third kappa shape index (κ3) is 18.0. The molecule has 0 unspecified atom stereocenters. The first-order valence-electron chi connectivity index (χ1n) is 36.2. The highest BCUT2D eigenvalue weighted by Gasteiger charge is 2.58. The van der Waals surface area contributed by atoms with Crippen LogP contribution in [0.1, 0.15) is 289 Å². The van der Waals surface area contributed by atoms with E-state index in [0.717, 1.165) is 53.3 Å². The monoisotopic (exact) mass is 1100 g/mol. The molecule has 9 saturated carbocycles.